The molecule has 1 fully saturated rings. The molecule has 0 aliphatic carbocycles. The van der Waals surface area contributed by atoms with Gasteiger partial charge in [-0.3, -0.25) is 9.58 Å². The van der Waals surface area contributed by atoms with Gasteiger partial charge in [-0.2, -0.15) is 5.10 Å². The zero-order valence-corrected chi connectivity index (χ0v) is 21.9. The molecule has 2 aromatic carbocycles. The predicted molar refractivity (Wildman–Crippen MR) is 140 cm³/mol. The monoisotopic (exact) mass is 517 g/mol. The van der Waals surface area contributed by atoms with Gasteiger partial charge in [-0.1, -0.05) is 35.3 Å². The summed E-state index contributed by atoms with van der Waals surface area (Å²) in [6, 6.07) is 15.5. The van der Waals surface area contributed by atoms with Crippen molar-refractivity contribution in [3.05, 3.63) is 75.5 Å². The first-order valence-corrected chi connectivity index (χ1v) is 12.8. The lowest BCUT2D eigenvalue weighted by Gasteiger charge is -2.27. The average Bonchev–Trinajstić information content (AvgIpc) is 3.03. The molecule has 0 spiro atoms. The van der Waals surface area contributed by atoms with E-state index >= 15 is 0 Å². The molecule has 0 saturated carbocycles. The maximum Gasteiger partial charge on any atom is 0.121 e. The maximum atomic E-state index is 11.1. The molecule has 0 radical (unpaired) electrons. The first-order chi connectivity index (χ1) is 16.8. The Balaban J connectivity index is 1.26. The second kappa shape index (κ2) is 11.7. The van der Waals surface area contributed by atoms with E-state index in [1.165, 1.54) is 5.56 Å². The number of ether oxygens (including phenoxy) is 2. The summed E-state index contributed by atoms with van der Waals surface area (Å²) in [4.78, 5) is 2.38. The fourth-order valence-corrected chi connectivity index (χ4v) is 4.75. The van der Waals surface area contributed by atoms with Gasteiger partial charge in [0.15, 0.2) is 0 Å². The van der Waals surface area contributed by atoms with Crippen LogP contribution in [0.3, 0.4) is 0 Å². The average molecular weight is 518 g/mol. The number of nitrogens with zero attached hydrogens (tertiary/aromatic N) is 3. The summed E-state index contributed by atoms with van der Waals surface area (Å²) in [5.41, 5.74) is 2.50. The highest BCUT2D eigenvalue weighted by Gasteiger charge is 2.31. The van der Waals surface area contributed by atoms with Crippen molar-refractivity contribution in [3.63, 3.8) is 0 Å². The predicted octanol–water partition coefficient (Wildman–Crippen LogP) is 5.68. The Bertz CT molecular complexity index is 1140. The summed E-state index contributed by atoms with van der Waals surface area (Å²) in [5.74, 6) is 1.48. The summed E-state index contributed by atoms with van der Waals surface area (Å²) >= 11 is 12.0. The molecule has 1 unspecified atom stereocenters. The van der Waals surface area contributed by atoms with Gasteiger partial charge in [-0.15, -0.1) is 0 Å². The number of aromatic nitrogens is 2. The molecule has 1 saturated heterocycles. The summed E-state index contributed by atoms with van der Waals surface area (Å²) in [6.07, 6.45) is 2.24. The molecule has 8 heteroatoms. The molecule has 1 aliphatic rings. The number of halogens is 2. The van der Waals surface area contributed by atoms with E-state index in [1.807, 2.05) is 23.7 Å². The molecule has 1 N–H and O–H groups in total. The summed E-state index contributed by atoms with van der Waals surface area (Å²) < 4.78 is 13.8. The van der Waals surface area contributed by atoms with Crippen LogP contribution in [0.1, 0.15) is 36.2 Å². The van der Waals surface area contributed by atoms with Crippen LogP contribution < -0.4 is 9.47 Å². The SMILES string of the molecule is Cc1cc(C)n(CCOc2cccc(CN3CCCC(O)(COc4ccc(Cl)c(Cl)c4)CC3)c2)n1. The van der Waals surface area contributed by atoms with Gasteiger partial charge in [0.25, 0.3) is 0 Å². The molecule has 0 amide bonds. The second-order valence-electron chi connectivity index (χ2n) is 9.36. The lowest BCUT2D eigenvalue weighted by Crippen LogP contribution is -2.37. The molecule has 6 nitrogen and oxygen atoms in total. The fraction of sp³-hybridized carbons (Fsp3) is 0.444. The molecule has 188 valence electrons. The minimum Gasteiger partial charge on any atom is -0.492 e. The van der Waals surface area contributed by atoms with Gasteiger partial charge in [0, 0.05) is 24.8 Å². The number of benzene rings is 2. The Kier molecular flexibility index (Phi) is 8.60. The molecule has 2 heterocycles. The number of likely N-dealkylation sites (tertiary alicyclic amines) is 1. The van der Waals surface area contributed by atoms with Gasteiger partial charge in [0.05, 0.1) is 27.9 Å². The Morgan fingerprint density at radius 2 is 1.80 bits per heavy atom. The minimum absolute atomic E-state index is 0.234. The van der Waals surface area contributed by atoms with Crippen molar-refractivity contribution < 1.29 is 14.6 Å². The van der Waals surface area contributed by atoms with Crippen LogP contribution in [-0.4, -0.2) is 51.7 Å². The first kappa shape index (κ1) is 25.8. The number of aliphatic hydroxyl groups is 1. The number of aryl methyl sites for hydroxylation is 2. The largest absolute Gasteiger partial charge is 0.492 e. The number of hydrogen-bond donors (Lipinski definition) is 1. The van der Waals surface area contributed by atoms with Crippen molar-refractivity contribution in [2.75, 3.05) is 26.3 Å². The van der Waals surface area contributed by atoms with E-state index in [-0.39, 0.29) is 6.61 Å². The van der Waals surface area contributed by atoms with Gasteiger partial charge in [0.2, 0.25) is 0 Å². The fourth-order valence-electron chi connectivity index (χ4n) is 4.46. The van der Waals surface area contributed by atoms with Crippen molar-refractivity contribution in [1.82, 2.24) is 14.7 Å². The highest BCUT2D eigenvalue weighted by molar-refractivity contribution is 6.42. The quantitative estimate of drug-likeness (QED) is 0.395. The first-order valence-electron chi connectivity index (χ1n) is 12.1. The van der Waals surface area contributed by atoms with Gasteiger partial charge in [0.1, 0.15) is 24.7 Å². The van der Waals surface area contributed by atoms with E-state index in [1.54, 1.807) is 18.2 Å². The zero-order chi connectivity index (χ0) is 24.8. The van der Waals surface area contributed by atoms with E-state index in [4.69, 9.17) is 32.7 Å². The summed E-state index contributed by atoms with van der Waals surface area (Å²) in [7, 11) is 0. The van der Waals surface area contributed by atoms with Crippen LogP contribution in [0.4, 0.5) is 0 Å². The number of hydrogen-bond acceptors (Lipinski definition) is 5. The molecule has 3 aromatic rings. The Hall–Kier alpha value is -2.25. The van der Waals surface area contributed by atoms with Gasteiger partial charge >= 0.3 is 0 Å². The van der Waals surface area contributed by atoms with E-state index in [0.29, 0.717) is 35.2 Å². The summed E-state index contributed by atoms with van der Waals surface area (Å²) in [5, 5.41) is 16.6. The third-order valence-electron chi connectivity index (χ3n) is 6.39. The smallest absolute Gasteiger partial charge is 0.121 e. The molecule has 1 aliphatic heterocycles. The molecule has 1 aromatic heterocycles. The van der Waals surface area contributed by atoms with Crippen LogP contribution in [0.5, 0.6) is 11.5 Å². The van der Waals surface area contributed by atoms with Crippen LogP contribution in [0.15, 0.2) is 48.5 Å². The van der Waals surface area contributed by atoms with Crippen LogP contribution in [0.2, 0.25) is 10.0 Å². The van der Waals surface area contributed by atoms with Crippen molar-refractivity contribution in [2.24, 2.45) is 0 Å². The third kappa shape index (κ3) is 7.37. The summed E-state index contributed by atoms with van der Waals surface area (Å²) in [6.45, 7) is 8.13. The highest BCUT2D eigenvalue weighted by atomic mass is 35.5. The van der Waals surface area contributed by atoms with E-state index < -0.39 is 5.60 Å². The van der Waals surface area contributed by atoms with Crippen molar-refractivity contribution >= 4 is 23.2 Å². The lowest BCUT2D eigenvalue weighted by atomic mass is 9.96. The van der Waals surface area contributed by atoms with Crippen LogP contribution in [0, 0.1) is 13.8 Å². The highest BCUT2D eigenvalue weighted by Crippen LogP contribution is 2.29. The maximum absolute atomic E-state index is 11.1. The second-order valence-corrected chi connectivity index (χ2v) is 10.2. The van der Waals surface area contributed by atoms with Gasteiger partial charge in [-0.05, 0) is 75.5 Å². The molecule has 1 atom stereocenters. The van der Waals surface area contributed by atoms with Crippen LogP contribution in [-0.2, 0) is 13.1 Å². The minimum atomic E-state index is -0.866. The van der Waals surface area contributed by atoms with E-state index in [0.717, 1.165) is 49.7 Å². The normalized spacial score (nSPS) is 18.9. The van der Waals surface area contributed by atoms with E-state index in [9.17, 15) is 5.11 Å². The van der Waals surface area contributed by atoms with Crippen molar-refractivity contribution in [3.8, 4) is 11.5 Å². The molecule has 4 rings (SSSR count). The topological polar surface area (TPSA) is 59.8 Å². The van der Waals surface area contributed by atoms with Gasteiger partial charge < -0.3 is 14.6 Å². The molecule has 35 heavy (non-hydrogen) atoms. The Morgan fingerprint density at radius 1 is 0.971 bits per heavy atom. The third-order valence-corrected chi connectivity index (χ3v) is 7.13. The van der Waals surface area contributed by atoms with E-state index in [2.05, 4.69) is 35.1 Å². The Labute approximate surface area is 217 Å². The molecular formula is C27H33Cl2N3O3. The number of rotatable bonds is 9. The molecule has 0 bridgehead atoms. The van der Waals surface area contributed by atoms with Gasteiger partial charge in [-0.25, -0.2) is 0 Å². The van der Waals surface area contributed by atoms with Crippen LogP contribution >= 0.6 is 23.2 Å². The van der Waals surface area contributed by atoms with Crippen LogP contribution in [0.25, 0.3) is 0 Å². The van der Waals surface area contributed by atoms with Crippen molar-refractivity contribution in [1.29, 1.82) is 0 Å². The lowest BCUT2D eigenvalue weighted by molar-refractivity contribution is -0.0168. The Morgan fingerprint density at radius 3 is 2.57 bits per heavy atom. The molecular weight excluding hydrogens is 485 g/mol. The standard InChI is InChI=1S/C27H33Cl2N3O3/c1-20-15-21(2)32(30-20)13-14-34-23-6-3-5-22(16-23)18-31-11-4-9-27(33,10-12-31)19-35-24-7-8-25(28)26(29)17-24/h3,5-8,15-17,33H,4,9-14,18-19H2,1-2H3. The van der Waals surface area contributed by atoms with Crippen molar-refractivity contribution in [2.45, 2.75) is 51.8 Å². The zero-order valence-electron chi connectivity index (χ0n) is 20.3.